The van der Waals surface area contributed by atoms with Crippen LogP contribution in [0, 0.1) is 0 Å². The van der Waals surface area contributed by atoms with Gasteiger partial charge in [0.15, 0.2) is 5.65 Å². The summed E-state index contributed by atoms with van der Waals surface area (Å²) in [4.78, 5) is 11.2. The van der Waals surface area contributed by atoms with E-state index in [2.05, 4.69) is 28.9 Å². The summed E-state index contributed by atoms with van der Waals surface area (Å²) in [5, 5.41) is 4.88. The molecule has 30 heavy (non-hydrogen) atoms. The number of anilines is 2. The van der Waals surface area contributed by atoms with Crippen LogP contribution in [-0.4, -0.2) is 58.7 Å². The number of nitrogens with zero attached hydrogens (tertiary/aromatic N) is 6. The highest BCUT2D eigenvalue weighted by Gasteiger charge is 2.29. The van der Waals surface area contributed by atoms with Crippen molar-refractivity contribution >= 4 is 32.8 Å². The molecule has 1 unspecified atom stereocenters. The second-order valence-electron chi connectivity index (χ2n) is 7.68. The number of hydrogen-bond acceptors (Lipinski definition) is 7. The van der Waals surface area contributed by atoms with Crippen LogP contribution in [0.1, 0.15) is 31.7 Å². The predicted molar refractivity (Wildman–Crippen MR) is 117 cm³/mol. The molecule has 160 valence electrons. The third-order valence-electron chi connectivity index (χ3n) is 5.83. The zero-order valence-corrected chi connectivity index (χ0v) is 18.3. The Hall–Kier alpha value is -2.72. The van der Waals surface area contributed by atoms with Crippen molar-refractivity contribution in [3.05, 3.63) is 36.0 Å². The zero-order valence-electron chi connectivity index (χ0n) is 17.5. The van der Waals surface area contributed by atoms with E-state index < -0.39 is 10.0 Å². The maximum Gasteiger partial charge on any atom is 0.243 e. The van der Waals surface area contributed by atoms with E-state index in [4.69, 9.17) is 5.73 Å². The molecule has 0 aliphatic carbocycles. The van der Waals surface area contributed by atoms with Gasteiger partial charge in [0, 0.05) is 33.2 Å². The summed E-state index contributed by atoms with van der Waals surface area (Å²) in [6, 6.07) is 7.25. The predicted octanol–water partition coefficient (Wildman–Crippen LogP) is 1.97. The fourth-order valence-electron chi connectivity index (χ4n) is 3.66. The van der Waals surface area contributed by atoms with E-state index in [1.54, 1.807) is 30.1 Å². The number of nitrogens with two attached hydrogens (primary N) is 1. The number of sulfonamides is 1. The van der Waals surface area contributed by atoms with Crippen molar-refractivity contribution in [3.8, 4) is 0 Å². The van der Waals surface area contributed by atoms with E-state index in [9.17, 15) is 8.42 Å². The highest BCUT2D eigenvalue weighted by atomic mass is 32.2. The van der Waals surface area contributed by atoms with E-state index in [-0.39, 0.29) is 0 Å². The Kier molecular flexibility index (Phi) is 5.37. The third kappa shape index (κ3) is 3.61. The standard InChI is InChI=1S/C20H27N7O2S/c1-4-14(2)15-5-7-16(8-6-15)30(28,29)27-11-9-26(10-12-27)20-23-18(21)17-13-22-25(3)19(17)24-20/h5-8,13-14H,4,9-12H2,1-3H3,(H2,21,23,24). The molecule has 0 bridgehead atoms. The van der Waals surface area contributed by atoms with Crippen LogP contribution in [0.2, 0.25) is 0 Å². The Labute approximate surface area is 176 Å². The van der Waals surface area contributed by atoms with Gasteiger partial charge >= 0.3 is 0 Å². The van der Waals surface area contributed by atoms with Gasteiger partial charge in [-0.3, -0.25) is 4.68 Å². The van der Waals surface area contributed by atoms with Gasteiger partial charge in [0.1, 0.15) is 5.82 Å². The van der Waals surface area contributed by atoms with Crippen LogP contribution >= 0.6 is 0 Å². The molecule has 3 heterocycles. The van der Waals surface area contributed by atoms with Gasteiger partial charge in [-0.2, -0.15) is 19.4 Å². The van der Waals surface area contributed by atoms with Crippen LogP contribution in [0.15, 0.2) is 35.4 Å². The Morgan fingerprint density at radius 3 is 2.40 bits per heavy atom. The fourth-order valence-corrected chi connectivity index (χ4v) is 5.08. The number of benzene rings is 1. The van der Waals surface area contributed by atoms with Gasteiger partial charge in [-0.25, -0.2) is 8.42 Å². The molecule has 0 saturated carbocycles. The van der Waals surface area contributed by atoms with Gasteiger partial charge in [0.05, 0.1) is 16.5 Å². The van der Waals surface area contributed by atoms with Crippen LogP contribution in [0.3, 0.4) is 0 Å². The molecule has 9 nitrogen and oxygen atoms in total. The molecule has 1 saturated heterocycles. The lowest BCUT2D eigenvalue weighted by Gasteiger charge is -2.34. The van der Waals surface area contributed by atoms with Gasteiger partial charge in [0.25, 0.3) is 0 Å². The first kappa shape index (κ1) is 20.5. The Morgan fingerprint density at radius 2 is 1.77 bits per heavy atom. The lowest BCUT2D eigenvalue weighted by atomic mass is 9.99. The first-order chi connectivity index (χ1) is 14.3. The topological polar surface area (TPSA) is 110 Å². The minimum absolute atomic E-state index is 0.333. The highest BCUT2D eigenvalue weighted by molar-refractivity contribution is 7.89. The molecule has 3 aromatic rings. The van der Waals surface area contributed by atoms with Gasteiger partial charge < -0.3 is 10.6 Å². The van der Waals surface area contributed by atoms with Crippen molar-refractivity contribution < 1.29 is 8.42 Å². The third-order valence-corrected chi connectivity index (χ3v) is 7.74. The van der Waals surface area contributed by atoms with Crippen LogP contribution in [-0.2, 0) is 17.1 Å². The summed E-state index contributed by atoms with van der Waals surface area (Å²) in [5.74, 6) is 1.28. The van der Waals surface area contributed by atoms with Gasteiger partial charge in [-0.15, -0.1) is 0 Å². The number of nitrogen functional groups attached to an aromatic ring is 1. The minimum atomic E-state index is -3.53. The summed E-state index contributed by atoms with van der Waals surface area (Å²) in [5.41, 5.74) is 7.87. The van der Waals surface area contributed by atoms with E-state index in [1.165, 1.54) is 4.31 Å². The summed E-state index contributed by atoms with van der Waals surface area (Å²) in [6.45, 7) is 5.98. The van der Waals surface area contributed by atoms with Crippen molar-refractivity contribution in [3.63, 3.8) is 0 Å². The second kappa shape index (κ2) is 7.84. The largest absolute Gasteiger partial charge is 0.383 e. The molecule has 1 atom stereocenters. The summed E-state index contributed by atoms with van der Waals surface area (Å²) < 4.78 is 29.3. The van der Waals surface area contributed by atoms with Gasteiger partial charge in [0.2, 0.25) is 16.0 Å². The average Bonchev–Trinajstić information content (AvgIpc) is 3.14. The first-order valence-electron chi connectivity index (χ1n) is 10.1. The molecule has 0 radical (unpaired) electrons. The van der Waals surface area contributed by atoms with Crippen molar-refractivity contribution in [2.24, 2.45) is 7.05 Å². The van der Waals surface area contributed by atoms with E-state index in [0.29, 0.717) is 59.8 Å². The molecular formula is C20H27N7O2S. The number of aryl methyl sites for hydroxylation is 1. The SMILES string of the molecule is CCC(C)c1ccc(S(=O)(=O)N2CCN(c3nc(N)c4cnn(C)c4n3)CC2)cc1. The number of aromatic nitrogens is 4. The number of rotatable bonds is 5. The molecule has 1 aliphatic rings. The smallest absolute Gasteiger partial charge is 0.243 e. The highest BCUT2D eigenvalue weighted by Crippen LogP contribution is 2.25. The second-order valence-corrected chi connectivity index (χ2v) is 9.62. The quantitative estimate of drug-likeness (QED) is 0.660. The molecular weight excluding hydrogens is 402 g/mol. The fraction of sp³-hybridized carbons (Fsp3) is 0.450. The van der Waals surface area contributed by atoms with Crippen molar-refractivity contribution in [1.82, 2.24) is 24.1 Å². The molecule has 1 aliphatic heterocycles. The van der Waals surface area contributed by atoms with Crippen LogP contribution in [0.4, 0.5) is 11.8 Å². The van der Waals surface area contributed by atoms with E-state index >= 15 is 0 Å². The minimum Gasteiger partial charge on any atom is -0.383 e. The molecule has 4 rings (SSSR count). The summed E-state index contributed by atoms with van der Waals surface area (Å²) in [7, 11) is -1.73. The van der Waals surface area contributed by atoms with Crippen LogP contribution in [0.5, 0.6) is 0 Å². The Morgan fingerprint density at radius 1 is 1.10 bits per heavy atom. The number of fused-ring (bicyclic) bond motifs is 1. The normalized spacial score (nSPS) is 16.8. The lowest BCUT2D eigenvalue weighted by Crippen LogP contribution is -2.49. The summed E-state index contributed by atoms with van der Waals surface area (Å²) >= 11 is 0. The summed E-state index contributed by atoms with van der Waals surface area (Å²) in [6.07, 6.45) is 2.66. The van der Waals surface area contributed by atoms with Crippen LogP contribution in [0.25, 0.3) is 11.0 Å². The molecule has 1 fully saturated rings. The number of piperazine rings is 1. The zero-order chi connectivity index (χ0) is 21.5. The maximum absolute atomic E-state index is 13.1. The van der Waals surface area contributed by atoms with Crippen LogP contribution < -0.4 is 10.6 Å². The van der Waals surface area contributed by atoms with Gasteiger partial charge in [-0.1, -0.05) is 26.0 Å². The molecule has 0 amide bonds. The molecule has 2 aromatic heterocycles. The first-order valence-corrected chi connectivity index (χ1v) is 11.6. The van der Waals surface area contributed by atoms with E-state index in [1.807, 2.05) is 17.0 Å². The Bertz CT molecular complexity index is 1150. The van der Waals surface area contributed by atoms with Crippen molar-refractivity contribution in [2.75, 3.05) is 36.8 Å². The van der Waals surface area contributed by atoms with Crippen molar-refractivity contribution in [1.29, 1.82) is 0 Å². The average molecular weight is 430 g/mol. The maximum atomic E-state index is 13.1. The van der Waals surface area contributed by atoms with Gasteiger partial charge in [-0.05, 0) is 30.0 Å². The monoisotopic (exact) mass is 429 g/mol. The van der Waals surface area contributed by atoms with E-state index in [0.717, 1.165) is 12.0 Å². The molecule has 2 N–H and O–H groups in total. The number of hydrogen-bond donors (Lipinski definition) is 1. The Balaban J connectivity index is 1.49. The van der Waals surface area contributed by atoms with Crippen molar-refractivity contribution in [2.45, 2.75) is 31.1 Å². The lowest BCUT2D eigenvalue weighted by molar-refractivity contribution is 0.382. The molecule has 1 aromatic carbocycles. The molecule has 10 heteroatoms. The molecule has 0 spiro atoms.